The number of carbonyl (C=O) groups is 1. The van der Waals surface area contributed by atoms with Crippen molar-refractivity contribution < 1.29 is 17.6 Å². The van der Waals surface area contributed by atoms with Gasteiger partial charge in [0.15, 0.2) is 0 Å². The summed E-state index contributed by atoms with van der Waals surface area (Å²) in [4.78, 5) is 12.2. The molecule has 5 nitrogen and oxygen atoms in total. The summed E-state index contributed by atoms with van der Waals surface area (Å²) in [5.41, 5.74) is 2.65. The molecule has 0 spiro atoms. The molecule has 0 aromatic heterocycles. The number of carbonyl (C=O) groups excluding carboxylic acids is 1. The van der Waals surface area contributed by atoms with Crippen molar-refractivity contribution in [1.29, 1.82) is 0 Å². The summed E-state index contributed by atoms with van der Waals surface area (Å²) in [6.07, 6.45) is 1.40. The number of aryl methyl sites for hydroxylation is 2. The predicted octanol–water partition coefficient (Wildman–Crippen LogP) is 2.57. The van der Waals surface area contributed by atoms with Crippen LogP contribution in [0.25, 0.3) is 0 Å². The topological polar surface area (TPSA) is 66.5 Å². The van der Waals surface area contributed by atoms with E-state index in [1.54, 1.807) is 31.2 Å². The second-order valence-electron chi connectivity index (χ2n) is 6.25. The van der Waals surface area contributed by atoms with Crippen molar-refractivity contribution in [2.45, 2.75) is 20.3 Å². The highest BCUT2D eigenvalue weighted by Gasteiger charge is 2.22. The average Bonchev–Trinajstić information content (AvgIpc) is 2.56. The lowest BCUT2D eigenvalue weighted by molar-refractivity contribution is -0.119. The van der Waals surface area contributed by atoms with Gasteiger partial charge in [-0.3, -0.25) is 9.10 Å². The quantitative estimate of drug-likeness (QED) is 0.805. The van der Waals surface area contributed by atoms with Crippen LogP contribution in [0.3, 0.4) is 0 Å². The second kappa shape index (κ2) is 8.31. The van der Waals surface area contributed by atoms with Crippen LogP contribution in [0, 0.1) is 19.7 Å². The summed E-state index contributed by atoms with van der Waals surface area (Å²) < 4.78 is 39.0. The van der Waals surface area contributed by atoms with Gasteiger partial charge in [0.2, 0.25) is 15.9 Å². The molecule has 26 heavy (non-hydrogen) atoms. The van der Waals surface area contributed by atoms with Gasteiger partial charge < -0.3 is 5.32 Å². The number of sulfonamides is 1. The zero-order valence-electron chi connectivity index (χ0n) is 15.1. The molecule has 0 fully saturated rings. The first-order valence-electron chi connectivity index (χ1n) is 8.23. The Balaban J connectivity index is 2.06. The van der Waals surface area contributed by atoms with E-state index in [-0.39, 0.29) is 18.9 Å². The summed E-state index contributed by atoms with van der Waals surface area (Å²) in [7, 11) is -3.62. The number of hydrogen-bond acceptors (Lipinski definition) is 3. The van der Waals surface area contributed by atoms with Crippen molar-refractivity contribution in [2.24, 2.45) is 0 Å². The molecule has 0 unspecified atom stereocenters. The van der Waals surface area contributed by atoms with Crippen LogP contribution in [0.5, 0.6) is 0 Å². The van der Waals surface area contributed by atoms with Gasteiger partial charge in [-0.05, 0) is 49.1 Å². The van der Waals surface area contributed by atoms with Crippen LogP contribution in [-0.4, -0.2) is 33.7 Å². The van der Waals surface area contributed by atoms with E-state index in [1.165, 1.54) is 6.07 Å². The van der Waals surface area contributed by atoms with Gasteiger partial charge in [0.25, 0.3) is 0 Å². The number of hydrogen-bond donors (Lipinski definition) is 1. The van der Waals surface area contributed by atoms with Gasteiger partial charge in [-0.1, -0.05) is 30.3 Å². The van der Waals surface area contributed by atoms with Crippen molar-refractivity contribution in [2.75, 3.05) is 23.7 Å². The Hall–Kier alpha value is -2.41. The smallest absolute Gasteiger partial charge is 0.240 e. The maximum absolute atomic E-state index is 13.6. The molecule has 2 aromatic carbocycles. The Morgan fingerprint density at radius 1 is 1.15 bits per heavy atom. The Morgan fingerprint density at radius 3 is 2.50 bits per heavy atom. The largest absolute Gasteiger partial charge is 0.354 e. The molecule has 2 rings (SSSR count). The van der Waals surface area contributed by atoms with E-state index < -0.39 is 15.9 Å². The zero-order valence-corrected chi connectivity index (χ0v) is 15.9. The fourth-order valence-corrected chi connectivity index (χ4v) is 3.50. The molecule has 0 aliphatic rings. The van der Waals surface area contributed by atoms with Gasteiger partial charge in [-0.25, -0.2) is 12.8 Å². The lowest BCUT2D eigenvalue weighted by Crippen LogP contribution is -2.41. The maximum Gasteiger partial charge on any atom is 0.240 e. The van der Waals surface area contributed by atoms with Crippen LogP contribution in [0.2, 0.25) is 0 Å². The van der Waals surface area contributed by atoms with Gasteiger partial charge in [-0.15, -0.1) is 0 Å². The third-order valence-electron chi connectivity index (χ3n) is 4.00. The van der Waals surface area contributed by atoms with E-state index in [2.05, 4.69) is 5.32 Å². The van der Waals surface area contributed by atoms with Gasteiger partial charge >= 0.3 is 0 Å². The van der Waals surface area contributed by atoms with Crippen LogP contribution >= 0.6 is 0 Å². The summed E-state index contributed by atoms with van der Waals surface area (Å²) in [5.74, 6) is -0.762. The van der Waals surface area contributed by atoms with Crippen molar-refractivity contribution in [3.8, 4) is 0 Å². The van der Waals surface area contributed by atoms with Crippen LogP contribution < -0.4 is 9.62 Å². The highest BCUT2D eigenvalue weighted by Crippen LogP contribution is 2.23. The van der Waals surface area contributed by atoms with Crippen molar-refractivity contribution in [1.82, 2.24) is 5.32 Å². The number of benzene rings is 2. The minimum Gasteiger partial charge on any atom is -0.354 e. The normalized spacial score (nSPS) is 11.2. The number of halogens is 1. The van der Waals surface area contributed by atoms with Crippen molar-refractivity contribution in [3.63, 3.8) is 0 Å². The highest BCUT2D eigenvalue weighted by atomic mass is 32.2. The molecular formula is C19H23FN2O3S. The molecule has 2 aromatic rings. The number of amides is 1. The van der Waals surface area contributed by atoms with Crippen LogP contribution in [0.1, 0.15) is 16.7 Å². The second-order valence-corrected chi connectivity index (χ2v) is 8.16. The summed E-state index contributed by atoms with van der Waals surface area (Å²) in [6.45, 7) is 3.56. The average molecular weight is 378 g/mol. The Morgan fingerprint density at radius 2 is 1.85 bits per heavy atom. The van der Waals surface area contributed by atoms with E-state index in [9.17, 15) is 17.6 Å². The molecule has 140 valence electrons. The van der Waals surface area contributed by atoms with Crippen LogP contribution in [0.4, 0.5) is 10.1 Å². The SMILES string of the molecule is Cc1ccc(C)c(N(CC(=O)NCCc2ccccc2F)S(C)(=O)=O)c1. The molecule has 0 saturated carbocycles. The first-order chi connectivity index (χ1) is 12.2. The molecule has 0 aliphatic carbocycles. The first kappa shape index (κ1) is 19.9. The minimum absolute atomic E-state index is 0.226. The Bertz CT molecular complexity index is 897. The summed E-state index contributed by atoms with van der Waals surface area (Å²) >= 11 is 0. The minimum atomic E-state index is -3.62. The van der Waals surface area contributed by atoms with Gasteiger partial charge in [0, 0.05) is 6.54 Å². The van der Waals surface area contributed by atoms with Crippen LogP contribution in [0.15, 0.2) is 42.5 Å². The number of nitrogens with zero attached hydrogens (tertiary/aromatic N) is 1. The van der Waals surface area contributed by atoms with Gasteiger partial charge in [-0.2, -0.15) is 0 Å². The van der Waals surface area contributed by atoms with E-state index in [4.69, 9.17) is 0 Å². The number of nitrogens with one attached hydrogen (secondary N) is 1. The zero-order chi connectivity index (χ0) is 19.3. The van der Waals surface area contributed by atoms with Crippen molar-refractivity contribution in [3.05, 3.63) is 65.0 Å². The Kier molecular flexibility index (Phi) is 6.37. The molecule has 0 radical (unpaired) electrons. The molecule has 0 heterocycles. The summed E-state index contributed by atoms with van der Waals surface area (Å²) in [5, 5.41) is 2.65. The third-order valence-corrected chi connectivity index (χ3v) is 5.12. The third kappa shape index (κ3) is 5.29. The fraction of sp³-hybridized carbons (Fsp3) is 0.316. The standard InChI is InChI=1S/C19H23FN2O3S/c1-14-8-9-15(2)18(12-14)22(26(3,24)25)13-19(23)21-11-10-16-6-4-5-7-17(16)20/h4-9,12H,10-11,13H2,1-3H3,(H,21,23). The lowest BCUT2D eigenvalue weighted by Gasteiger charge is -2.24. The molecule has 1 amide bonds. The highest BCUT2D eigenvalue weighted by molar-refractivity contribution is 7.92. The van der Waals surface area contributed by atoms with Gasteiger partial charge in [0.1, 0.15) is 12.4 Å². The molecule has 7 heteroatoms. The summed E-state index contributed by atoms with van der Waals surface area (Å²) in [6, 6.07) is 11.8. The first-order valence-corrected chi connectivity index (χ1v) is 10.1. The van der Waals surface area contributed by atoms with E-state index >= 15 is 0 Å². The lowest BCUT2D eigenvalue weighted by atomic mass is 10.1. The number of anilines is 1. The fourth-order valence-electron chi connectivity index (χ4n) is 2.59. The maximum atomic E-state index is 13.6. The Labute approximate surface area is 153 Å². The van der Waals surface area contributed by atoms with E-state index in [0.29, 0.717) is 17.7 Å². The van der Waals surface area contributed by atoms with Crippen LogP contribution in [-0.2, 0) is 21.2 Å². The number of rotatable bonds is 7. The predicted molar refractivity (Wildman–Crippen MR) is 101 cm³/mol. The van der Waals surface area contributed by atoms with Crippen molar-refractivity contribution >= 4 is 21.6 Å². The molecule has 0 saturated heterocycles. The monoisotopic (exact) mass is 378 g/mol. The molecule has 1 N–H and O–H groups in total. The molecule has 0 bridgehead atoms. The van der Waals surface area contributed by atoms with E-state index in [0.717, 1.165) is 21.7 Å². The van der Waals surface area contributed by atoms with E-state index in [1.807, 2.05) is 19.1 Å². The molecule has 0 aliphatic heterocycles. The molecule has 0 atom stereocenters. The van der Waals surface area contributed by atoms with Gasteiger partial charge in [0.05, 0.1) is 11.9 Å². The molecular weight excluding hydrogens is 355 g/mol.